The van der Waals surface area contributed by atoms with Gasteiger partial charge >= 0.3 is 0 Å². The van der Waals surface area contributed by atoms with Gasteiger partial charge < -0.3 is 10.1 Å². The van der Waals surface area contributed by atoms with Crippen molar-refractivity contribution in [2.24, 2.45) is 5.92 Å². The van der Waals surface area contributed by atoms with Crippen LogP contribution in [0.25, 0.3) is 0 Å². The van der Waals surface area contributed by atoms with Crippen LogP contribution < -0.4 is 5.32 Å². The maximum atomic E-state index is 5.82. The molecule has 0 spiro atoms. The van der Waals surface area contributed by atoms with E-state index in [1.54, 1.807) is 0 Å². The Labute approximate surface area is 118 Å². The van der Waals surface area contributed by atoms with Crippen LogP contribution in [0.15, 0.2) is 0 Å². The Kier molecular flexibility index (Phi) is 5.48. The van der Waals surface area contributed by atoms with Gasteiger partial charge in [-0.2, -0.15) is 11.8 Å². The Bertz CT molecular complexity index is 373. The number of hydrogen-bond donors (Lipinski definition) is 1. The molecule has 1 saturated heterocycles. The molecule has 18 heavy (non-hydrogen) atoms. The lowest BCUT2D eigenvalue weighted by Crippen LogP contribution is -2.15. The van der Waals surface area contributed by atoms with Gasteiger partial charge in [0.05, 0.1) is 12.3 Å². The molecule has 1 aliphatic rings. The third-order valence-corrected chi connectivity index (χ3v) is 5.01. The first-order chi connectivity index (χ1) is 8.70. The van der Waals surface area contributed by atoms with Crippen molar-refractivity contribution in [1.82, 2.24) is 10.3 Å². The fourth-order valence-corrected chi connectivity index (χ4v) is 4.13. The van der Waals surface area contributed by atoms with Crippen molar-refractivity contribution in [3.63, 3.8) is 0 Å². The second-order valence-corrected chi connectivity index (χ2v) is 7.25. The number of ether oxygens (including phenoxy) is 1. The van der Waals surface area contributed by atoms with Crippen molar-refractivity contribution in [2.45, 2.75) is 32.9 Å². The van der Waals surface area contributed by atoms with E-state index in [2.05, 4.69) is 19.2 Å². The molecule has 1 aromatic heterocycles. The molecule has 0 saturated carbocycles. The molecule has 0 amide bonds. The first kappa shape index (κ1) is 14.3. The van der Waals surface area contributed by atoms with Crippen LogP contribution in [-0.2, 0) is 17.7 Å². The number of aromatic nitrogens is 1. The van der Waals surface area contributed by atoms with E-state index in [9.17, 15) is 0 Å². The molecule has 1 fully saturated rings. The summed E-state index contributed by atoms with van der Waals surface area (Å²) in [5.74, 6) is 2.81. The van der Waals surface area contributed by atoms with Gasteiger partial charge in [-0.1, -0.05) is 13.8 Å². The van der Waals surface area contributed by atoms with E-state index in [-0.39, 0.29) is 6.10 Å². The summed E-state index contributed by atoms with van der Waals surface area (Å²) in [4.78, 5) is 6.21. The number of hydrogen-bond acceptors (Lipinski definition) is 5. The number of nitrogens with zero attached hydrogens (tertiary/aromatic N) is 1. The number of thiazole rings is 1. The van der Waals surface area contributed by atoms with E-state index in [0.717, 1.165) is 31.1 Å². The molecule has 1 N–H and O–H groups in total. The van der Waals surface area contributed by atoms with Crippen LogP contribution in [0.1, 0.15) is 35.5 Å². The molecule has 0 aliphatic carbocycles. The molecule has 1 aliphatic heterocycles. The first-order valence-corrected chi connectivity index (χ1v) is 8.50. The fraction of sp³-hybridized carbons (Fsp3) is 0.769. The van der Waals surface area contributed by atoms with Crippen LogP contribution in [0, 0.1) is 5.92 Å². The molecule has 102 valence electrons. The van der Waals surface area contributed by atoms with Gasteiger partial charge in [0.2, 0.25) is 0 Å². The zero-order valence-corrected chi connectivity index (χ0v) is 13.0. The zero-order chi connectivity index (χ0) is 13.0. The van der Waals surface area contributed by atoms with Crippen molar-refractivity contribution in [3.8, 4) is 0 Å². The summed E-state index contributed by atoms with van der Waals surface area (Å²) in [7, 11) is 1.99. The largest absolute Gasteiger partial charge is 0.369 e. The van der Waals surface area contributed by atoms with Crippen LogP contribution in [0.2, 0.25) is 0 Å². The molecule has 5 heteroatoms. The van der Waals surface area contributed by atoms with E-state index >= 15 is 0 Å². The Hall–Kier alpha value is -0.100. The zero-order valence-electron chi connectivity index (χ0n) is 11.4. The Morgan fingerprint density at radius 2 is 2.33 bits per heavy atom. The fourth-order valence-electron chi connectivity index (χ4n) is 2.02. The molecule has 2 heterocycles. The molecule has 3 nitrogen and oxygen atoms in total. The molecular formula is C13H22N2OS2. The van der Waals surface area contributed by atoms with Gasteiger partial charge in [-0.05, 0) is 19.4 Å². The van der Waals surface area contributed by atoms with Crippen molar-refractivity contribution >= 4 is 23.1 Å². The molecule has 0 aromatic carbocycles. The van der Waals surface area contributed by atoms with Crippen molar-refractivity contribution in [1.29, 1.82) is 0 Å². The van der Waals surface area contributed by atoms with Gasteiger partial charge in [0.25, 0.3) is 0 Å². The van der Waals surface area contributed by atoms with Gasteiger partial charge in [-0.15, -0.1) is 11.3 Å². The minimum Gasteiger partial charge on any atom is -0.369 e. The van der Waals surface area contributed by atoms with Crippen LogP contribution in [0.3, 0.4) is 0 Å². The van der Waals surface area contributed by atoms with Crippen LogP contribution >= 0.6 is 23.1 Å². The van der Waals surface area contributed by atoms with Crippen LogP contribution in [0.4, 0.5) is 0 Å². The molecule has 0 radical (unpaired) electrons. The average Bonchev–Trinajstić information content (AvgIpc) is 2.73. The highest BCUT2D eigenvalue weighted by molar-refractivity contribution is 7.99. The van der Waals surface area contributed by atoms with E-state index in [1.807, 2.05) is 30.1 Å². The molecule has 1 unspecified atom stereocenters. The molecule has 2 rings (SSSR count). The first-order valence-electron chi connectivity index (χ1n) is 6.53. The smallest absolute Gasteiger partial charge is 0.123 e. The van der Waals surface area contributed by atoms with Crippen molar-refractivity contribution in [2.75, 3.05) is 25.2 Å². The number of rotatable bonds is 5. The van der Waals surface area contributed by atoms with E-state index in [4.69, 9.17) is 9.72 Å². The highest BCUT2D eigenvalue weighted by atomic mass is 32.2. The summed E-state index contributed by atoms with van der Waals surface area (Å²) >= 11 is 3.79. The lowest BCUT2D eigenvalue weighted by molar-refractivity contribution is 0.0754. The Balaban J connectivity index is 2.14. The molecule has 0 bridgehead atoms. The van der Waals surface area contributed by atoms with Gasteiger partial charge in [0, 0.05) is 22.9 Å². The maximum Gasteiger partial charge on any atom is 0.123 e. The third-order valence-electron chi connectivity index (χ3n) is 2.83. The van der Waals surface area contributed by atoms with Gasteiger partial charge in [-0.3, -0.25) is 0 Å². The lowest BCUT2D eigenvalue weighted by atomic mass is 10.1. The second kappa shape index (κ2) is 6.89. The van der Waals surface area contributed by atoms with E-state index < -0.39 is 0 Å². The summed E-state index contributed by atoms with van der Waals surface area (Å²) in [5, 5.41) is 4.41. The summed E-state index contributed by atoms with van der Waals surface area (Å²) in [6.07, 6.45) is 1.28. The van der Waals surface area contributed by atoms with E-state index in [1.165, 1.54) is 15.6 Å². The van der Waals surface area contributed by atoms with Gasteiger partial charge in [0.15, 0.2) is 0 Å². The second-order valence-electron chi connectivity index (χ2n) is 4.98. The quantitative estimate of drug-likeness (QED) is 0.902. The molecule has 1 aromatic rings. The highest BCUT2D eigenvalue weighted by Crippen LogP contribution is 2.32. The van der Waals surface area contributed by atoms with Crippen LogP contribution in [0.5, 0.6) is 0 Å². The summed E-state index contributed by atoms with van der Waals surface area (Å²) in [6, 6.07) is 0. The van der Waals surface area contributed by atoms with E-state index in [0.29, 0.717) is 5.92 Å². The number of thioether (sulfide) groups is 1. The minimum atomic E-state index is 0.213. The predicted molar refractivity (Wildman–Crippen MR) is 79.4 cm³/mol. The number of nitrogens with one attached hydrogen (secondary N) is 1. The predicted octanol–water partition coefficient (Wildman–Crippen LogP) is 2.87. The minimum absolute atomic E-state index is 0.213. The summed E-state index contributed by atoms with van der Waals surface area (Å²) in [6.45, 7) is 6.26. The average molecular weight is 286 g/mol. The normalized spacial score (nSPS) is 20.6. The maximum absolute atomic E-state index is 5.82. The van der Waals surface area contributed by atoms with Crippen molar-refractivity contribution < 1.29 is 4.74 Å². The Morgan fingerprint density at radius 3 is 2.94 bits per heavy atom. The third kappa shape index (κ3) is 3.70. The monoisotopic (exact) mass is 286 g/mol. The highest BCUT2D eigenvalue weighted by Gasteiger charge is 2.22. The topological polar surface area (TPSA) is 34.1 Å². The lowest BCUT2D eigenvalue weighted by Gasteiger charge is -2.19. The van der Waals surface area contributed by atoms with Crippen LogP contribution in [-0.4, -0.2) is 30.1 Å². The Morgan fingerprint density at radius 1 is 1.50 bits per heavy atom. The summed E-state index contributed by atoms with van der Waals surface area (Å²) < 4.78 is 5.82. The van der Waals surface area contributed by atoms with Crippen molar-refractivity contribution in [3.05, 3.63) is 15.6 Å². The van der Waals surface area contributed by atoms with Gasteiger partial charge in [-0.25, -0.2) is 4.98 Å². The molecular weight excluding hydrogens is 264 g/mol. The standard InChI is InChI=1S/C13H22N2OS2/c1-9(2)6-10-12(7-14-3)18-13(15-10)11-8-17-5-4-16-11/h9,11,14H,4-8H2,1-3H3. The summed E-state index contributed by atoms with van der Waals surface area (Å²) in [5.41, 5.74) is 1.26. The molecule has 1 atom stereocenters. The van der Waals surface area contributed by atoms with Gasteiger partial charge in [0.1, 0.15) is 11.1 Å². The SMILES string of the molecule is CNCc1sc(C2CSCCO2)nc1CC(C)C.